The second-order valence-corrected chi connectivity index (χ2v) is 7.15. The molecule has 0 spiro atoms. The molecule has 0 aliphatic heterocycles. The zero-order valence-corrected chi connectivity index (χ0v) is 14.5. The van der Waals surface area contributed by atoms with Crippen molar-refractivity contribution < 1.29 is 4.55 Å². The van der Waals surface area contributed by atoms with E-state index in [0.717, 1.165) is 16.0 Å². The van der Waals surface area contributed by atoms with Crippen molar-refractivity contribution in [2.24, 2.45) is 0 Å². The third kappa shape index (κ3) is 4.06. The Kier molecular flexibility index (Phi) is 5.70. The van der Waals surface area contributed by atoms with Crippen LogP contribution in [0.15, 0.2) is 95.9 Å². The van der Waals surface area contributed by atoms with Gasteiger partial charge in [0, 0.05) is 0 Å². The molecule has 122 valence electrons. The van der Waals surface area contributed by atoms with Gasteiger partial charge in [-0.2, -0.15) is 0 Å². The Morgan fingerprint density at radius 1 is 0.792 bits per heavy atom. The van der Waals surface area contributed by atoms with Crippen LogP contribution < -0.4 is 0 Å². The third-order valence-corrected chi connectivity index (χ3v) is 5.60. The molecule has 2 nitrogen and oxygen atoms in total. The molecule has 0 aliphatic rings. The Morgan fingerprint density at radius 3 is 1.88 bits per heavy atom. The standard InChI is InChI=1S/C21H21NOS/c1-18(20-13-7-3-8-14-20)22(17-19-11-5-2-6-12-19)24(23)21-15-9-4-10-16-21/h2-16,18H,17H2,1H3/t18-,24-/m0/s1. The lowest BCUT2D eigenvalue weighted by Crippen LogP contribution is -2.33. The van der Waals surface area contributed by atoms with Crippen molar-refractivity contribution >= 4 is 11.4 Å². The van der Waals surface area contributed by atoms with E-state index in [4.69, 9.17) is 0 Å². The Balaban J connectivity index is 1.91. The van der Waals surface area contributed by atoms with Gasteiger partial charge in [0.1, 0.15) is 0 Å². The van der Waals surface area contributed by atoms with E-state index in [1.165, 1.54) is 0 Å². The summed E-state index contributed by atoms with van der Waals surface area (Å²) in [5, 5.41) is 0. The molecule has 0 heterocycles. The Hall–Kier alpha value is -2.07. The van der Waals surface area contributed by atoms with Gasteiger partial charge < -0.3 is 4.55 Å². The van der Waals surface area contributed by atoms with Crippen LogP contribution in [0.1, 0.15) is 24.1 Å². The number of hydrogen-bond acceptors (Lipinski definition) is 2. The monoisotopic (exact) mass is 335 g/mol. The summed E-state index contributed by atoms with van der Waals surface area (Å²) in [5.74, 6) is 0. The van der Waals surface area contributed by atoms with Crippen LogP contribution in [0.2, 0.25) is 0 Å². The quantitative estimate of drug-likeness (QED) is 0.594. The van der Waals surface area contributed by atoms with Crippen molar-refractivity contribution in [3.05, 3.63) is 102 Å². The van der Waals surface area contributed by atoms with E-state index in [1.807, 2.05) is 71.0 Å². The Morgan fingerprint density at radius 2 is 1.29 bits per heavy atom. The van der Waals surface area contributed by atoms with Crippen LogP contribution in [0.4, 0.5) is 0 Å². The van der Waals surface area contributed by atoms with Crippen LogP contribution in [-0.2, 0) is 17.9 Å². The van der Waals surface area contributed by atoms with Crippen LogP contribution in [0.5, 0.6) is 0 Å². The first-order valence-corrected chi connectivity index (χ1v) is 9.19. The Labute approximate surface area is 147 Å². The van der Waals surface area contributed by atoms with Gasteiger partial charge in [-0.25, -0.2) is 0 Å². The van der Waals surface area contributed by atoms with E-state index in [1.54, 1.807) is 0 Å². The lowest BCUT2D eigenvalue weighted by molar-refractivity contribution is 0.336. The molecule has 0 N–H and O–H groups in total. The maximum Gasteiger partial charge on any atom is 0.174 e. The van der Waals surface area contributed by atoms with E-state index in [-0.39, 0.29) is 6.04 Å². The molecular formula is C21H21NOS. The Bertz CT molecular complexity index is 688. The summed E-state index contributed by atoms with van der Waals surface area (Å²) in [6.07, 6.45) is 0. The van der Waals surface area contributed by atoms with Gasteiger partial charge in [-0.15, -0.1) is 4.31 Å². The van der Waals surface area contributed by atoms with E-state index in [9.17, 15) is 4.55 Å². The fraction of sp³-hybridized carbons (Fsp3) is 0.143. The summed E-state index contributed by atoms with van der Waals surface area (Å²) in [6, 6.07) is 30.1. The molecule has 3 aromatic rings. The van der Waals surface area contributed by atoms with E-state index in [0.29, 0.717) is 6.54 Å². The molecular weight excluding hydrogens is 314 g/mol. The summed E-state index contributed by atoms with van der Waals surface area (Å²) in [4.78, 5) is 0.830. The molecule has 24 heavy (non-hydrogen) atoms. The number of nitrogens with zero attached hydrogens (tertiary/aromatic N) is 1. The molecule has 3 rings (SSSR count). The first-order chi connectivity index (χ1) is 11.8. The highest BCUT2D eigenvalue weighted by Gasteiger charge is 2.29. The second kappa shape index (κ2) is 8.15. The average molecular weight is 335 g/mol. The number of rotatable bonds is 6. The highest BCUT2D eigenvalue weighted by atomic mass is 32.2. The minimum absolute atomic E-state index is 0.0486. The van der Waals surface area contributed by atoms with Crippen molar-refractivity contribution in [3.63, 3.8) is 0 Å². The van der Waals surface area contributed by atoms with Crippen LogP contribution >= 0.6 is 0 Å². The zero-order valence-electron chi connectivity index (χ0n) is 13.7. The molecule has 0 unspecified atom stereocenters. The molecule has 3 heteroatoms. The predicted molar refractivity (Wildman–Crippen MR) is 99.7 cm³/mol. The summed E-state index contributed by atoms with van der Waals surface area (Å²) in [5.41, 5.74) is 2.32. The fourth-order valence-electron chi connectivity index (χ4n) is 2.67. The van der Waals surface area contributed by atoms with Gasteiger partial charge in [-0.1, -0.05) is 78.9 Å². The number of hydrogen-bond donors (Lipinski definition) is 0. The number of benzene rings is 3. The molecule has 2 atom stereocenters. The molecule has 0 aliphatic carbocycles. The summed E-state index contributed by atoms with van der Waals surface area (Å²) in [7, 11) is 0. The maximum absolute atomic E-state index is 13.2. The predicted octanol–water partition coefficient (Wildman–Crippen LogP) is 4.97. The van der Waals surface area contributed by atoms with Gasteiger partial charge in [0.2, 0.25) is 0 Å². The second-order valence-electron chi connectivity index (χ2n) is 5.71. The first-order valence-electron chi connectivity index (χ1n) is 8.08. The van der Waals surface area contributed by atoms with Gasteiger partial charge in [-0.3, -0.25) is 0 Å². The lowest BCUT2D eigenvalue weighted by Gasteiger charge is -2.29. The smallest absolute Gasteiger partial charge is 0.174 e. The molecule has 3 aromatic carbocycles. The largest absolute Gasteiger partial charge is 0.593 e. The van der Waals surface area contributed by atoms with Crippen molar-refractivity contribution in [2.75, 3.05) is 0 Å². The molecule has 0 radical (unpaired) electrons. The van der Waals surface area contributed by atoms with E-state index in [2.05, 4.69) is 31.2 Å². The van der Waals surface area contributed by atoms with E-state index >= 15 is 0 Å². The molecule has 0 saturated carbocycles. The van der Waals surface area contributed by atoms with Crippen LogP contribution in [-0.4, -0.2) is 8.86 Å². The normalized spacial score (nSPS) is 13.6. The minimum atomic E-state index is -1.22. The van der Waals surface area contributed by atoms with E-state index < -0.39 is 11.4 Å². The van der Waals surface area contributed by atoms with Crippen LogP contribution in [0.3, 0.4) is 0 Å². The maximum atomic E-state index is 13.2. The van der Waals surface area contributed by atoms with Gasteiger partial charge in [0.05, 0.1) is 23.9 Å². The topological polar surface area (TPSA) is 26.3 Å². The van der Waals surface area contributed by atoms with Crippen molar-refractivity contribution in [1.29, 1.82) is 0 Å². The molecule has 0 bridgehead atoms. The van der Waals surface area contributed by atoms with Crippen molar-refractivity contribution in [2.45, 2.75) is 24.4 Å². The lowest BCUT2D eigenvalue weighted by atomic mass is 10.1. The molecule has 0 fully saturated rings. The highest BCUT2D eigenvalue weighted by Crippen LogP contribution is 2.29. The third-order valence-electron chi connectivity index (χ3n) is 4.05. The average Bonchev–Trinajstić information content (AvgIpc) is 2.67. The highest BCUT2D eigenvalue weighted by molar-refractivity contribution is 7.89. The van der Waals surface area contributed by atoms with Gasteiger partial charge in [0.15, 0.2) is 4.90 Å². The minimum Gasteiger partial charge on any atom is -0.593 e. The van der Waals surface area contributed by atoms with Gasteiger partial charge in [-0.05, 0) is 30.2 Å². The zero-order chi connectivity index (χ0) is 16.8. The SMILES string of the molecule is C[C@@H](c1ccccc1)N(Cc1ccccc1)[S@@+]([O-])c1ccccc1. The fourth-order valence-corrected chi connectivity index (χ4v) is 4.01. The van der Waals surface area contributed by atoms with Crippen LogP contribution in [0, 0.1) is 0 Å². The molecule has 0 amide bonds. The van der Waals surface area contributed by atoms with Gasteiger partial charge in [0.25, 0.3) is 0 Å². The molecule has 0 saturated heterocycles. The first kappa shape index (κ1) is 16.8. The van der Waals surface area contributed by atoms with Crippen LogP contribution in [0.25, 0.3) is 0 Å². The summed E-state index contributed by atoms with van der Waals surface area (Å²) < 4.78 is 15.2. The van der Waals surface area contributed by atoms with Crippen molar-refractivity contribution in [1.82, 2.24) is 4.31 Å². The summed E-state index contributed by atoms with van der Waals surface area (Å²) >= 11 is -1.22. The summed E-state index contributed by atoms with van der Waals surface area (Å²) in [6.45, 7) is 2.75. The molecule has 0 aromatic heterocycles. The van der Waals surface area contributed by atoms with Gasteiger partial charge >= 0.3 is 0 Å². The van der Waals surface area contributed by atoms with Crippen molar-refractivity contribution in [3.8, 4) is 0 Å².